The topological polar surface area (TPSA) is 110 Å². The third-order valence-electron chi connectivity index (χ3n) is 7.28. The fraction of sp³-hybridized carbons (Fsp3) is 0.481. The number of nitrogen functional groups attached to an aromatic ring is 1. The number of aromatic nitrogens is 2. The van der Waals surface area contributed by atoms with Gasteiger partial charge in [-0.2, -0.15) is 8.42 Å². The molecule has 198 valence electrons. The Morgan fingerprint density at radius 1 is 1.11 bits per heavy atom. The molecular formula is C27H35N5O3S2. The molecule has 1 aliphatic carbocycles. The van der Waals surface area contributed by atoms with E-state index in [1.165, 1.54) is 23.0 Å². The van der Waals surface area contributed by atoms with E-state index >= 15 is 0 Å². The van der Waals surface area contributed by atoms with Crippen molar-refractivity contribution >= 4 is 37.3 Å². The average Bonchev–Trinajstić information content (AvgIpc) is 3.38. The molecule has 1 saturated carbocycles. The Balaban J connectivity index is 1.56. The minimum Gasteiger partial charge on any atom is -0.384 e. The van der Waals surface area contributed by atoms with Gasteiger partial charge < -0.3 is 15.4 Å². The number of hydrogen-bond donors (Lipinski definition) is 2. The number of morpholine rings is 1. The molecule has 2 aromatic heterocycles. The third-order valence-corrected chi connectivity index (χ3v) is 9.68. The van der Waals surface area contributed by atoms with Crippen molar-refractivity contribution in [1.82, 2.24) is 9.97 Å². The molecule has 2 fully saturated rings. The molecule has 3 aromatic rings. The van der Waals surface area contributed by atoms with E-state index in [9.17, 15) is 8.42 Å². The molecule has 0 radical (unpaired) electrons. The zero-order valence-electron chi connectivity index (χ0n) is 21.8. The lowest BCUT2D eigenvalue weighted by atomic mass is 9.88. The first-order valence-electron chi connectivity index (χ1n) is 12.7. The largest absolute Gasteiger partial charge is 0.384 e. The molecule has 1 unspecified atom stereocenters. The number of benzene rings is 1. The highest BCUT2D eigenvalue weighted by Gasteiger charge is 2.47. The molecule has 0 amide bonds. The molecule has 37 heavy (non-hydrogen) atoms. The summed E-state index contributed by atoms with van der Waals surface area (Å²) in [5.74, 6) is 0.432. The maximum absolute atomic E-state index is 13.1. The third kappa shape index (κ3) is 5.32. The fourth-order valence-corrected chi connectivity index (χ4v) is 7.82. The van der Waals surface area contributed by atoms with Crippen LogP contribution < -0.4 is 15.4 Å². The summed E-state index contributed by atoms with van der Waals surface area (Å²) >= 11 is 1.36. The molecule has 5 rings (SSSR count). The monoisotopic (exact) mass is 541 g/mol. The van der Waals surface area contributed by atoms with Crippen LogP contribution in [0.3, 0.4) is 0 Å². The second-order valence-corrected chi connectivity index (χ2v) is 13.8. The molecule has 8 nitrogen and oxygen atoms in total. The number of hydrogen-bond acceptors (Lipinski definition) is 8. The van der Waals surface area contributed by atoms with Crippen molar-refractivity contribution in [3.63, 3.8) is 0 Å². The molecule has 1 saturated heterocycles. The van der Waals surface area contributed by atoms with Gasteiger partial charge in [-0.3, -0.25) is 4.72 Å². The van der Waals surface area contributed by atoms with Gasteiger partial charge in [0.1, 0.15) is 16.5 Å². The van der Waals surface area contributed by atoms with Gasteiger partial charge in [-0.05, 0) is 48.3 Å². The van der Waals surface area contributed by atoms with Crippen molar-refractivity contribution in [1.29, 1.82) is 0 Å². The number of ether oxygens (including phenoxy) is 1. The Kier molecular flexibility index (Phi) is 6.70. The van der Waals surface area contributed by atoms with E-state index in [1.807, 2.05) is 12.1 Å². The van der Waals surface area contributed by atoms with Gasteiger partial charge in [-0.1, -0.05) is 69.4 Å². The number of nitrogens with zero attached hydrogens (tertiary/aromatic N) is 3. The predicted octanol–water partition coefficient (Wildman–Crippen LogP) is 5.50. The van der Waals surface area contributed by atoms with Crippen LogP contribution in [-0.4, -0.2) is 43.7 Å². The summed E-state index contributed by atoms with van der Waals surface area (Å²) in [5, 5.41) is 1.13. The quantitative estimate of drug-likeness (QED) is 0.424. The van der Waals surface area contributed by atoms with Crippen LogP contribution in [-0.2, 0) is 14.8 Å². The van der Waals surface area contributed by atoms with Gasteiger partial charge in [0, 0.05) is 18.7 Å². The van der Waals surface area contributed by atoms with E-state index in [2.05, 4.69) is 54.4 Å². The van der Waals surface area contributed by atoms with Crippen LogP contribution in [0.4, 0.5) is 16.0 Å². The van der Waals surface area contributed by atoms with Crippen molar-refractivity contribution in [2.45, 2.75) is 63.5 Å². The first kappa shape index (κ1) is 25.9. The summed E-state index contributed by atoms with van der Waals surface area (Å²) in [7, 11) is -3.95. The van der Waals surface area contributed by atoms with Gasteiger partial charge >= 0.3 is 0 Å². The van der Waals surface area contributed by atoms with Crippen molar-refractivity contribution in [2.24, 2.45) is 5.41 Å². The zero-order valence-corrected chi connectivity index (χ0v) is 23.5. The highest BCUT2D eigenvalue weighted by molar-refractivity contribution is 7.92. The minimum atomic E-state index is -3.95. The van der Waals surface area contributed by atoms with Gasteiger partial charge in [0.15, 0.2) is 10.2 Å². The minimum absolute atomic E-state index is 0.133. The summed E-state index contributed by atoms with van der Waals surface area (Å²) in [5.41, 5.74) is 8.78. The Morgan fingerprint density at radius 3 is 2.59 bits per heavy atom. The van der Waals surface area contributed by atoms with Gasteiger partial charge in [0.05, 0.1) is 12.2 Å². The normalized spacial score (nSPS) is 21.6. The maximum atomic E-state index is 13.1. The number of nitrogens with two attached hydrogens (primary N) is 1. The highest BCUT2D eigenvalue weighted by atomic mass is 32.2. The van der Waals surface area contributed by atoms with Crippen molar-refractivity contribution in [2.75, 3.05) is 35.1 Å². The molecule has 1 spiro atoms. The van der Waals surface area contributed by atoms with Crippen LogP contribution in [0.15, 0.2) is 47.5 Å². The Hall–Kier alpha value is -2.69. The van der Waals surface area contributed by atoms with Crippen LogP contribution in [0.25, 0.3) is 11.3 Å². The van der Waals surface area contributed by atoms with Gasteiger partial charge in [0.2, 0.25) is 0 Å². The van der Waals surface area contributed by atoms with E-state index < -0.39 is 10.0 Å². The van der Waals surface area contributed by atoms with E-state index in [4.69, 9.17) is 15.5 Å². The SMILES string of the molecule is CC(C)c1ccccc1-c1nc(NS(=O)(=O)c2cccc(N)n2)sc1N1CCOC2(CCC(C)(C)C2)C1. The highest BCUT2D eigenvalue weighted by Crippen LogP contribution is 2.49. The lowest BCUT2D eigenvalue weighted by Crippen LogP contribution is -2.51. The number of pyridine rings is 1. The molecule has 1 aromatic carbocycles. The average molecular weight is 542 g/mol. The van der Waals surface area contributed by atoms with E-state index in [-0.39, 0.29) is 27.8 Å². The van der Waals surface area contributed by atoms with Gasteiger partial charge in [0.25, 0.3) is 10.0 Å². The number of thiazole rings is 1. The summed E-state index contributed by atoms with van der Waals surface area (Å²) in [6, 6.07) is 12.8. The van der Waals surface area contributed by atoms with E-state index in [1.54, 1.807) is 12.1 Å². The standard InChI is InChI=1S/C27H35N5O3S2/c1-18(2)19-8-5-6-9-20(19)23-24(32-14-15-35-27(17-32)13-12-26(3,4)16-27)36-25(30-23)31-37(33,34)22-11-7-10-21(28)29-22/h5-11,18H,12-17H2,1-4H3,(H2,28,29)(H,30,31). The van der Waals surface area contributed by atoms with Crippen LogP contribution in [0.5, 0.6) is 0 Å². The molecule has 1 aliphatic heterocycles. The van der Waals surface area contributed by atoms with Gasteiger partial charge in [-0.15, -0.1) is 0 Å². The predicted molar refractivity (Wildman–Crippen MR) is 150 cm³/mol. The molecule has 1 atom stereocenters. The second kappa shape index (κ2) is 9.56. The summed E-state index contributed by atoms with van der Waals surface area (Å²) in [4.78, 5) is 11.2. The Bertz CT molecular complexity index is 1400. The number of rotatable bonds is 6. The second-order valence-electron chi connectivity index (χ2n) is 11.2. The van der Waals surface area contributed by atoms with Crippen LogP contribution in [0.2, 0.25) is 0 Å². The lowest BCUT2D eigenvalue weighted by molar-refractivity contribution is -0.0558. The van der Waals surface area contributed by atoms with E-state index in [0.29, 0.717) is 11.7 Å². The molecule has 3 heterocycles. The Labute approximate surface area is 223 Å². The van der Waals surface area contributed by atoms with E-state index in [0.717, 1.165) is 48.6 Å². The van der Waals surface area contributed by atoms with Crippen LogP contribution in [0, 0.1) is 5.41 Å². The van der Waals surface area contributed by atoms with Crippen LogP contribution >= 0.6 is 11.3 Å². The molecule has 2 aliphatic rings. The number of anilines is 3. The number of sulfonamides is 1. The van der Waals surface area contributed by atoms with Crippen molar-refractivity contribution in [3.05, 3.63) is 48.0 Å². The maximum Gasteiger partial charge on any atom is 0.281 e. The number of nitrogens with one attached hydrogen (secondary N) is 1. The van der Waals surface area contributed by atoms with Crippen LogP contribution in [0.1, 0.15) is 58.4 Å². The summed E-state index contributed by atoms with van der Waals surface area (Å²) in [6.07, 6.45) is 3.16. The van der Waals surface area contributed by atoms with Crippen molar-refractivity contribution in [3.8, 4) is 11.3 Å². The van der Waals surface area contributed by atoms with Gasteiger partial charge in [-0.25, -0.2) is 9.97 Å². The molecule has 3 N–H and O–H groups in total. The summed E-state index contributed by atoms with van der Waals surface area (Å²) in [6.45, 7) is 11.0. The smallest absolute Gasteiger partial charge is 0.281 e. The molecule has 10 heteroatoms. The summed E-state index contributed by atoms with van der Waals surface area (Å²) < 4.78 is 35.3. The first-order valence-corrected chi connectivity index (χ1v) is 15.0. The first-order chi connectivity index (χ1) is 17.5. The molecular weight excluding hydrogens is 506 g/mol. The van der Waals surface area contributed by atoms with Crippen molar-refractivity contribution < 1.29 is 13.2 Å². The lowest BCUT2D eigenvalue weighted by Gasteiger charge is -2.42. The fourth-order valence-electron chi connectivity index (χ4n) is 5.60. The Morgan fingerprint density at radius 2 is 1.89 bits per heavy atom. The molecule has 0 bridgehead atoms. The zero-order chi connectivity index (χ0) is 26.4.